The lowest BCUT2D eigenvalue weighted by Gasteiger charge is -2.20. The van der Waals surface area contributed by atoms with Crippen LogP contribution in [-0.4, -0.2) is 42.7 Å². The first-order chi connectivity index (χ1) is 11.0. The first-order valence-electron chi connectivity index (χ1n) is 7.33. The third kappa shape index (κ3) is 5.49. The van der Waals surface area contributed by atoms with Crippen LogP contribution < -0.4 is 5.32 Å². The maximum absolute atomic E-state index is 11.8. The Morgan fingerprint density at radius 1 is 1.21 bits per heavy atom. The van der Waals surface area contributed by atoms with Crippen LogP contribution in [0.3, 0.4) is 0 Å². The first kappa shape index (κ1) is 19.3. The number of ether oxygens (including phenoxy) is 2. The molecular weight excluding hydrogens is 312 g/mol. The second kappa shape index (κ2) is 7.72. The van der Waals surface area contributed by atoms with Gasteiger partial charge in [-0.1, -0.05) is 0 Å². The summed E-state index contributed by atoms with van der Waals surface area (Å²) in [6.07, 6.45) is 0. The van der Waals surface area contributed by atoms with Gasteiger partial charge in [-0.05, 0) is 39.0 Å². The van der Waals surface area contributed by atoms with Crippen LogP contribution in [-0.2, 0) is 19.1 Å². The molecule has 0 aromatic heterocycles. The summed E-state index contributed by atoms with van der Waals surface area (Å²) in [5.74, 6) is -1.48. The maximum atomic E-state index is 11.8. The molecule has 0 saturated heterocycles. The zero-order valence-corrected chi connectivity index (χ0v) is 14.5. The number of anilines is 1. The van der Waals surface area contributed by atoms with Crippen molar-refractivity contribution in [2.45, 2.75) is 33.3 Å². The van der Waals surface area contributed by atoms with Crippen LogP contribution in [0.4, 0.5) is 5.69 Å². The highest BCUT2D eigenvalue weighted by atomic mass is 16.6. The number of nitrogens with one attached hydrogen (secondary N) is 2. The minimum absolute atomic E-state index is 0.167. The van der Waals surface area contributed by atoms with Crippen molar-refractivity contribution in [2.75, 3.05) is 19.0 Å². The van der Waals surface area contributed by atoms with E-state index in [4.69, 9.17) is 10.1 Å². The van der Waals surface area contributed by atoms with Gasteiger partial charge in [0, 0.05) is 18.2 Å². The van der Waals surface area contributed by atoms with Gasteiger partial charge in [0.1, 0.15) is 17.9 Å². The van der Waals surface area contributed by atoms with Gasteiger partial charge in [0.2, 0.25) is 0 Å². The Morgan fingerprint density at radius 2 is 1.83 bits per heavy atom. The van der Waals surface area contributed by atoms with Crippen molar-refractivity contribution in [1.82, 2.24) is 0 Å². The third-order valence-corrected chi connectivity index (χ3v) is 2.91. The molecule has 0 aliphatic carbocycles. The monoisotopic (exact) mass is 334 g/mol. The fourth-order valence-electron chi connectivity index (χ4n) is 1.89. The van der Waals surface area contributed by atoms with E-state index in [0.29, 0.717) is 11.3 Å². The standard InChI is InChI=1S/C17H22N2O5/c1-10(20)15(18)12-7-6-11(16(22)23-5)8-13(12)19-9-14(21)24-17(2,3)4/h6-8,18-19H,9H2,1-5H3. The Labute approximate surface area is 140 Å². The molecule has 24 heavy (non-hydrogen) atoms. The number of carbonyl (C=O) groups is 3. The number of hydrogen-bond donors (Lipinski definition) is 2. The SMILES string of the molecule is COC(=O)c1ccc(C(=N)C(C)=O)c(NCC(=O)OC(C)(C)C)c1. The zero-order valence-electron chi connectivity index (χ0n) is 14.5. The summed E-state index contributed by atoms with van der Waals surface area (Å²) in [6, 6.07) is 4.35. The molecule has 0 aliphatic heterocycles. The molecule has 0 amide bonds. The molecule has 0 aliphatic rings. The number of hydrogen-bond acceptors (Lipinski definition) is 7. The normalized spacial score (nSPS) is 10.7. The van der Waals surface area contributed by atoms with E-state index < -0.39 is 23.3 Å². The van der Waals surface area contributed by atoms with Gasteiger partial charge in [0.25, 0.3) is 0 Å². The summed E-state index contributed by atoms with van der Waals surface area (Å²) in [5.41, 5.74) is -0.00766. The van der Waals surface area contributed by atoms with E-state index in [1.54, 1.807) is 20.8 Å². The van der Waals surface area contributed by atoms with Crippen LogP contribution in [0.5, 0.6) is 0 Å². The van der Waals surface area contributed by atoms with Crippen LogP contribution in [0.2, 0.25) is 0 Å². The van der Waals surface area contributed by atoms with Crippen molar-refractivity contribution >= 4 is 29.1 Å². The number of Topliss-reactive ketones (excluding diaryl/α,β-unsaturated/α-hetero) is 1. The fraction of sp³-hybridized carbons (Fsp3) is 0.412. The second-order valence-electron chi connectivity index (χ2n) is 6.12. The largest absolute Gasteiger partial charge is 0.465 e. The molecule has 0 atom stereocenters. The molecule has 7 heteroatoms. The van der Waals surface area contributed by atoms with Crippen LogP contribution in [0.25, 0.3) is 0 Å². The Balaban J connectivity index is 3.07. The lowest BCUT2D eigenvalue weighted by Crippen LogP contribution is -2.28. The molecule has 0 unspecified atom stereocenters. The Kier molecular flexibility index (Phi) is 6.22. The molecule has 130 valence electrons. The van der Waals surface area contributed by atoms with Crippen LogP contribution in [0.1, 0.15) is 43.6 Å². The van der Waals surface area contributed by atoms with E-state index in [1.165, 1.54) is 32.2 Å². The number of methoxy groups -OCH3 is 1. The molecule has 0 fully saturated rings. The molecule has 1 rings (SSSR count). The molecule has 1 aromatic rings. The molecule has 7 nitrogen and oxygen atoms in total. The highest BCUT2D eigenvalue weighted by molar-refractivity contribution is 6.45. The Hall–Kier alpha value is -2.70. The Bertz CT molecular complexity index is 674. The topological polar surface area (TPSA) is 106 Å². The molecule has 2 N–H and O–H groups in total. The van der Waals surface area contributed by atoms with Gasteiger partial charge < -0.3 is 14.8 Å². The smallest absolute Gasteiger partial charge is 0.337 e. The van der Waals surface area contributed by atoms with Crippen LogP contribution in [0.15, 0.2) is 18.2 Å². The summed E-state index contributed by atoms with van der Waals surface area (Å²) in [6.45, 7) is 6.35. The minimum atomic E-state index is -0.623. The van der Waals surface area contributed by atoms with E-state index >= 15 is 0 Å². The zero-order chi connectivity index (χ0) is 18.5. The third-order valence-electron chi connectivity index (χ3n) is 2.91. The average Bonchev–Trinajstić information content (AvgIpc) is 2.49. The lowest BCUT2D eigenvalue weighted by molar-refractivity contribution is -0.152. The quantitative estimate of drug-likeness (QED) is 0.610. The van der Waals surface area contributed by atoms with Crippen molar-refractivity contribution in [1.29, 1.82) is 5.41 Å². The van der Waals surface area contributed by atoms with E-state index in [0.717, 1.165) is 0 Å². The van der Waals surface area contributed by atoms with Gasteiger partial charge in [0.15, 0.2) is 5.78 Å². The molecule has 0 bridgehead atoms. The fourth-order valence-corrected chi connectivity index (χ4v) is 1.89. The molecule has 0 radical (unpaired) electrons. The van der Waals surface area contributed by atoms with E-state index in [2.05, 4.69) is 10.1 Å². The van der Waals surface area contributed by atoms with Gasteiger partial charge in [-0.15, -0.1) is 0 Å². The molecule has 0 heterocycles. The highest BCUT2D eigenvalue weighted by Crippen LogP contribution is 2.20. The molecule has 1 aromatic carbocycles. The van der Waals surface area contributed by atoms with Gasteiger partial charge in [-0.2, -0.15) is 0 Å². The molecule has 0 saturated carbocycles. The highest BCUT2D eigenvalue weighted by Gasteiger charge is 2.19. The van der Waals surface area contributed by atoms with Gasteiger partial charge in [-0.25, -0.2) is 4.79 Å². The van der Waals surface area contributed by atoms with E-state index in [-0.39, 0.29) is 17.8 Å². The summed E-state index contributed by atoms with van der Waals surface area (Å²) < 4.78 is 9.84. The number of esters is 2. The van der Waals surface area contributed by atoms with Crippen molar-refractivity contribution in [3.05, 3.63) is 29.3 Å². The summed E-state index contributed by atoms with van der Waals surface area (Å²) >= 11 is 0. The van der Waals surface area contributed by atoms with Crippen LogP contribution >= 0.6 is 0 Å². The number of rotatable bonds is 6. The van der Waals surface area contributed by atoms with Crippen molar-refractivity contribution in [3.63, 3.8) is 0 Å². The lowest BCUT2D eigenvalue weighted by atomic mass is 10.0. The Morgan fingerprint density at radius 3 is 2.33 bits per heavy atom. The summed E-state index contributed by atoms with van der Waals surface area (Å²) in [7, 11) is 1.25. The molecule has 0 spiro atoms. The number of ketones is 1. The van der Waals surface area contributed by atoms with Gasteiger partial charge >= 0.3 is 11.9 Å². The predicted octanol–water partition coefficient (Wildman–Crippen LogP) is 2.18. The van der Waals surface area contributed by atoms with Gasteiger partial charge in [0.05, 0.1) is 12.7 Å². The van der Waals surface area contributed by atoms with E-state index in [1.807, 2.05) is 0 Å². The summed E-state index contributed by atoms with van der Waals surface area (Å²) in [4.78, 5) is 34.9. The number of carbonyl (C=O) groups excluding carboxylic acids is 3. The molecular formula is C17H22N2O5. The predicted molar refractivity (Wildman–Crippen MR) is 89.6 cm³/mol. The number of benzene rings is 1. The minimum Gasteiger partial charge on any atom is -0.465 e. The second-order valence-corrected chi connectivity index (χ2v) is 6.12. The van der Waals surface area contributed by atoms with Crippen molar-refractivity contribution < 1.29 is 23.9 Å². The maximum Gasteiger partial charge on any atom is 0.337 e. The van der Waals surface area contributed by atoms with Crippen molar-refractivity contribution in [2.24, 2.45) is 0 Å². The van der Waals surface area contributed by atoms with Crippen LogP contribution in [0, 0.1) is 5.41 Å². The van der Waals surface area contributed by atoms with Crippen molar-refractivity contribution in [3.8, 4) is 0 Å². The first-order valence-corrected chi connectivity index (χ1v) is 7.33. The average molecular weight is 334 g/mol. The van der Waals surface area contributed by atoms with Gasteiger partial charge in [-0.3, -0.25) is 15.0 Å². The summed E-state index contributed by atoms with van der Waals surface area (Å²) in [5, 5.41) is 10.7. The van der Waals surface area contributed by atoms with E-state index in [9.17, 15) is 14.4 Å².